The molecule has 0 aromatic heterocycles. The molecular weight excluding hydrogens is 215 g/mol. The third-order valence-corrected chi connectivity index (χ3v) is 3.13. The van der Waals surface area contributed by atoms with E-state index in [1.807, 2.05) is 20.8 Å². The lowest BCUT2D eigenvalue weighted by Gasteiger charge is -2.31. The Morgan fingerprint density at radius 1 is 1.47 bits per heavy atom. The van der Waals surface area contributed by atoms with Gasteiger partial charge in [-0.05, 0) is 24.5 Å². The average Bonchev–Trinajstić information content (AvgIpc) is 2.16. The zero-order chi connectivity index (χ0) is 11.6. The van der Waals surface area contributed by atoms with Crippen molar-refractivity contribution in [2.24, 2.45) is 5.92 Å². The van der Waals surface area contributed by atoms with Gasteiger partial charge in [-0.25, -0.2) is 4.39 Å². The Morgan fingerprint density at radius 3 is 2.47 bits per heavy atom. The minimum Gasteiger partial charge on any atom is -0.385 e. The van der Waals surface area contributed by atoms with Crippen LogP contribution in [0.15, 0.2) is 18.2 Å². The summed E-state index contributed by atoms with van der Waals surface area (Å²) in [6, 6.07) is 4.39. The monoisotopic (exact) mass is 230 g/mol. The van der Waals surface area contributed by atoms with Crippen LogP contribution in [0.3, 0.4) is 0 Å². The van der Waals surface area contributed by atoms with Gasteiger partial charge in [0, 0.05) is 10.6 Å². The van der Waals surface area contributed by atoms with Crippen molar-refractivity contribution in [3.05, 3.63) is 34.6 Å². The predicted octanol–water partition coefficient (Wildman–Crippen LogP) is 3.73. The van der Waals surface area contributed by atoms with E-state index in [1.54, 1.807) is 12.1 Å². The summed E-state index contributed by atoms with van der Waals surface area (Å²) >= 11 is 5.67. The second kappa shape index (κ2) is 4.50. The van der Waals surface area contributed by atoms with Crippen LogP contribution < -0.4 is 0 Å². The maximum absolute atomic E-state index is 13.6. The molecule has 1 aromatic carbocycles. The molecule has 1 rings (SSSR count). The Bertz CT molecular complexity index is 351. The molecule has 1 unspecified atom stereocenters. The molecule has 3 heteroatoms. The molecular formula is C12H16ClFO. The highest BCUT2D eigenvalue weighted by molar-refractivity contribution is 6.30. The molecule has 0 fully saturated rings. The minimum atomic E-state index is -1.12. The van der Waals surface area contributed by atoms with Crippen LogP contribution in [0.4, 0.5) is 4.39 Å². The fraction of sp³-hybridized carbons (Fsp3) is 0.500. The molecule has 1 atom stereocenters. The van der Waals surface area contributed by atoms with Gasteiger partial charge in [0.15, 0.2) is 0 Å². The van der Waals surface area contributed by atoms with E-state index in [9.17, 15) is 9.50 Å². The summed E-state index contributed by atoms with van der Waals surface area (Å²) in [5, 5.41) is 10.7. The second-order valence-corrected chi connectivity index (χ2v) is 4.49. The van der Waals surface area contributed by atoms with Crippen LogP contribution in [0, 0.1) is 11.7 Å². The lowest BCUT2D eigenvalue weighted by Crippen LogP contribution is -2.32. The van der Waals surface area contributed by atoms with E-state index in [0.717, 1.165) is 0 Å². The van der Waals surface area contributed by atoms with Gasteiger partial charge in [0.25, 0.3) is 0 Å². The summed E-state index contributed by atoms with van der Waals surface area (Å²) in [6.45, 7) is 5.59. The molecule has 84 valence electrons. The van der Waals surface area contributed by atoms with Gasteiger partial charge in [-0.2, -0.15) is 0 Å². The van der Waals surface area contributed by atoms with Crippen LogP contribution in [0.25, 0.3) is 0 Å². The first kappa shape index (κ1) is 12.5. The molecule has 0 aliphatic heterocycles. The first-order valence-electron chi connectivity index (χ1n) is 5.09. The molecule has 1 nitrogen and oxygen atoms in total. The smallest absolute Gasteiger partial charge is 0.130 e. The van der Waals surface area contributed by atoms with E-state index in [0.29, 0.717) is 17.0 Å². The highest BCUT2D eigenvalue weighted by atomic mass is 35.5. The Labute approximate surface area is 94.9 Å². The topological polar surface area (TPSA) is 20.2 Å². The van der Waals surface area contributed by atoms with Gasteiger partial charge in [-0.1, -0.05) is 38.4 Å². The van der Waals surface area contributed by atoms with E-state index in [4.69, 9.17) is 11.6 Å². The van der Waals surface area contributed by atoms with E-state index in [1.165, 1.54) is 6.07 Å². The van der Waals surface area contributed by atoms with E-state index in [2.05, 4.69) is 0 Å². The van der Waals surface area contributed by atoms with Gasteiger partial charge in [0.1, 0.15) is 5.82 Å². The number of hydrogen-bond donors (Lipinski definition) is 1. The van der Waals surface area contributed by atoms with Gasteiger partial charge in [0.2, 0.25) is 0 Å². The lowest BCUT2D eigenvalue weighted by atomic mass is 9.81. The van der Waals surface area contributed by atoms with E-state index in [-0.39, 0.29) is 5.92 Å². The predicted molar refractivity (Wildman–Crippen MR) is 60.4 cm³/mol. The van der Waals surface area contributed by atoms with E-state index < -0.39 is 11.4 Å². The van der Waals surface area contributed by atoms with Crippen molar-refractivity contribution in [1.82, 2.24) is 0 Å². The van der Waals surface area contributed by atoms with Crippen LogP contribution in [-0.2, 0) is 5.60 Å². The average molecular weight is 231 g/mol. The maximum atomic E-state index is 13.6. The zero-order valence-electron chi connectivity index (χ0n) is 9.22. The molecule has 0 bridgehead atoms. The summed E-state index contributed by atoms with van der Waals surface area (Å²) < 4.78 is 13.6. The summed E-state index contributed by atoms with van der Waals surface area (Å²) in [7, 11) is 0. The second-order valence-electron chi connectivity index (χ2n) is 4.06. The van der Waals surface area contributed by atoms with Crippen molar-refractivity contribution < 1.29 is 9.50 Å². The van der Waals surface area contributed by atoms with Crippen LogP contribution in [0.5, 0.6) is 0 Å². The zero-order valence-corrected chi connectivity index (χ0v) is 9.98. The molecule has 1 N–H and O–H groups in total. The summed E-state index contributed by atoms with van der Waals surface area (Å²) in [6.07, 6.45) is 0.475. The van der Waals surface area contributed by atoms with Gasteiger partial charge < -0.3 is 5.11 Å². The molecule has 1 aromatic rings. The van der Waals surface area contributed by atoms with Crippen molar-refractivity contribution in [3.8, 4) is 0 Å². The van der Waals surface area contributed by atoms with Crippen molar-refractivity contribution in [3.63, 3.8) is 0 Å². The highest BCUT2D eigenvalue weighted by Crippen LogP contribution is 2.35. The summed E-state index contributed by atoms with van der Waals surface area (Å²) in [4.78, 5) is 0. The Morgan fingerprint density at radius 2 is 2.07 bits per heavy atom. The molecule has 0 aliphatic carbocycles. The molecule has 0 saturated heterocycles. The standard InChI is InChI=1S/C12H16ClFO/c1-4-12(15,8(2)3)10-6-5-9(13)7-11(10)14/h5-8,15H,4H2,1-3H3. The highest BCUT2D eigenvalue weighted by Gasteiger charge is 2.33. The normalized spacial score (nSPS) is 15.4. The third kappa shape index (κ3) is 2.32. The number of hydrogen-bond acceptors (Lipinski definition) is 1. The van der Waals surface area contributed by atoms with Crippen molar-refractivity contribution in [2.75, 3.05) is 0 Å². The van der Waals surface area contributed by atoms with Gasteiger partial charge in [-0.3, -0.25) is 0 Å². The molecule has 0 heterocycles. The number of halogens is 2. The van der Waals surface area contributed by atoms with Gasteiger partial charge in [-0.15, -0.1) is 0 Å². The van der Waals surface area contributed by atoms with Crippen molar-refractivity contribution >= 4 is 11.6 Å². The molecule has 0 aliphatic rings. The number of rotatable bonds is 3. The van der Waals surface area contributed by atoms with E-state index >= 15 is 0 Å². The quantitative estimate of drug-likeness (QED) is 0.839. The fourth-order valence-corrected chi connectivity index (χ4v) is 1.91. The molecule has 0 radical (unpaired) electrons. The fourth-order valence-electron chi connectivity index (χ4n) is 1.75. The van der Waals surface area contributed by atoms with Crippen molar-refractivity contribution in [2.45, 2.75) is 32.8 Å². The van der Waals surface area contributed by atoms with Crippen LogP contribution in [0.2, 0.25) is 5.02 Å². The van der Waals surface area contributed by atoms with Gasteiger partial charge >= 0.3 is 0 Å². The SMILES string of the molecule is CCC(O)(c1ccc(Cl)cc1F)C(C)C. The lowest BCUT2D eigenvalue weighted by molar-refractivity contribution is -0.0171. The number of aliphatic hydroxyl groups is 1. The Balaban J connectivity index is 3.24. The summed E-state index contributed by atoms with van der Waals surface area (Å²) in [5.74, 6) is -0.487. The van der Waals surface area contributed by atoms with Crippen LogP contribution in [-0.4, -0.2) is 5.11 Å². The van der Waals surface area contributed by atoms with Crippen molar-refractivity contribution in [1.29, 1.82) is 0 Å². The third-order valence-electron chi connectivity index (χ3n) is 2.89. The molecule has 15 heavy (non-hydrogen) atoms. The van der Waals surface area contributed by atoms with Crippen LogP contribution >= 0.6 is 11.6 Å². The Kier molecular flexibility index (Phi) is 3.74. The maximum Gasteiger partial charge on any atom is 0.130 e. The minimum absolute atomic E-state index is 0.0434. The Hall–Kier alpha value is -0.600. The largest absolute Gasteiger partial charge is 0.385 e. The van der Waals surface area contributed by atoms with Gasteiger partial charge in [0.05, 0.1) is 5.60 Å². The molecule has 0 amide bonds. The number of benzene rings is 1. The molecule has 0 spiro atoms. The first-order chi connectivity index (χ1) is 6.91. The molecule has 0 saturated carbocycles. The first-order valence-corrected chi connectivity index (χ1v) is 5.47. The van der Waals surface area contributed by atoms with Crippen LogP contribution in [0.1, 0.15) is 32.8 Å². The summed E-state index contributed by atoms with van der Waals surface area (Å²) in [5.41, 5.74) is -0.793.